The van der Waals surface area contributed by atoms with E-state index in [2.05, 4.69) is 26.3 Å². The number of carbonyl (C=O) groups is 6. The highest BCUT2D eigenvalue weighted by atomic mass is 16.2. The zero-order chi connectivity index (χ0) is 35.4. The molecule has 0 saturated carbocycles. The second kappa shape index (κ2) is 18.4. The summed E-state index contributed by atoms with van der Waals surface area (Å²) in [6.07, 6.45) is 2.89. The molecule has 0 aromatic carbocycles. The number of amides is 6. The molecule has 2 heterocycles. The van der Waals surface area contributed by atoms with Gasteiger partial charge in [-0.1, -0.05) is 27.7 Å². The highest BCUT2D eigenvalue weighted by molar-refractivity contribution is 5.97. The van der Waals surface area contributed by atoms with Crippen molar-refractivity contribution in [1.29, 1.82) is 0 Å². The van der Waals surface area contributed by atoms with Crippen molar-refractivity contribution in [2.45, 2.75) is 116 Å². The summed E-state index contributed by atoms with van der Waals surface area (Å²) < 4.78 is 0. The molecule has 0 bridgehead atoms. The molecular weight excluding hydrogens is 608 g/mol. The molecule has 2 aliphatic rings. The summed E-state index contributed by atoms with van der Waals surface area (Å²) in [4.78, 5) is 86.0. The molecule has 2 fully saturated rings. The minimum Gasteiger partial charge on any atom is -0.370 e. The topological polar surface area (TPSA) is 247 Å². The smallest absolute Gasteiger partial charge is 0.246 e. The first-order valence-electron chi connectivity index (χ1n) is 16.6. The number of likely N-dealkylation sites (tertiary alicyclic amines) is 2. The van der Waals surface area contributed by atoms with E-state index in [1.165, 1.54) is 16.7 Å². The monoisotopic (exact) mass is 664 g/mol. The van der Waals surface area contributed by atoms with E-state index in [0.29, 0.717) is 51.6 Å². The van der Waals surface area contributed by atoms with Crippen LogP contribution in [0, 0.1) is 11.8 Å². The summed E-state index contributed by atoms with van der Waals surface area (Å²) >= 11 is 0. The first-order valence-corrected chi connectivity index (χ1v) is 16.6. The molecular formula is C31H56N10O6. The number of nitrogens with zero attached hydrogens (tertiary/aromatic N) is 3. The Labute approximate surface area is 277 Å². The normalized spacial score (nSPS) is 20.3. The van der Waals surface area contributed by atoms with Gasteiger partial charge >= 0.3 is 0 Å². The zero-order valence-electron chi connectivity index (χ0n) is 28.7. The third kappa shape index (κ3) is 11.4. The van der Waals surface area contributed by atoms with Gasteiger partial charge in [0.2, 0.25) is 35.4 Å². The lowest BCUT2D eigenvalue weighted by atomic mass is 10.0. The number of hydrogen-bond donors (Lipinski definition) is 7. The van der Waals surface area contributed by atoms with Crippen LogP contribution < -0.4 is 38.5 Å². The fourth-order valence-electron chi connectivity index (χ4n) is 6.16. The van der Waals surface area contributed by atoms with Crippen LogP contribution in [0.4, 0.5) is 0 Å². The second-order valence-corrected chi connectivity index (χ2v) is 13.2. The molecule has 0 aromatic heterocycles. The molecule has 0 radical (unpaired) electrons. The van der Waals surface area contributed by atoms with Crippen LogP contribution in [-0.2, 0) is 28.8 Å². The van der Waals surface area contributed by atoms with Gasteiger partial charge < -0.3 is 48.3 Å². The molecule has 2 aliphatic heterocycles. The molecule has 10 N–H and O–H groups in total. The van der Waals surface area contributed by atoms with Gasteiger partial charge in [-0.2, -0.15) is 0 Å². The average molecular weight is 665 g/mol. The highest BCUT2D eigenvalue weighted by Crippen LogP contribution is 2.26. The Hall–Kier alpha value is -3.95. The standard InChI is InChI=1S/C31H56N10O6/c1-17(2)16-21(25(32)42)39-27(44)22-11-8-14-40(22)30(47)23-12-9-15-41(23)29(46)20(10-7-13-36-31(33)34)38-26(43)19(5)37-28(45)24(35-6)18(3)4/h17-24,35H,7-16H2,1-6H3,(H2,32,42)(H,37,45)(H,38,43)(H,39,44)(H4,33,34,36). The quantitative estimate of drug-likeness (QED) is 0.0530. The maximum absolute atomic E-state index is 14.0. The van der Waals surface area contributed by atoms with E-state index in [4.69, 9.17) is 17.2 Å². The summed E-state index contributed by atoms with van der Waals surface area (Å²) in [7, 11) is 1.66. The Morgan fingerprint density at radius 1 is 0.809 bits per heavy atom. The van der Waals surface area contributed by atoms with Crippen LogP contribution in [0.15, 0.2) is 4.99 Å². The number of likely N-dealkylation sites (N-methyl/N-ethyl adjacent to an activating group) is 1. The van der Waals surface area contributed by atoms with Gasteiger partial charge in [-0.15, -0.1) is 0 Å². The maximum Gasteiger partial charge on any atom is 0.246 e. The van der Waals surface area contributed by atoms with Crippen molar-refractivity contribution in [1.82, 2.24) is 31.1 Å². The van der Waals surface area contributed by atoms with Crippen LogP contribution in [-0.4, -0.2) is 114 Å². The highest BCUT2D eigenvalue weighted by Gasteiger charge is 2.44. The Kier molecular flexibility index (Phi) is 15.4. The minimum absolute atomic E-state index is 0.0179. The fraction of sp³-hybridized carbons (Fsp3) is 0.774. The first kappa shape index (κ1) is 39.2. The largest absolute Gasteiger partial charge is 0.370 e. The van der Waals surface area contributed by atoms with Gasteiger partial charge in [0.05, 0.1) is 6.04 Å². The van der Waals surface area contributed by atoms with Crippen molar-refractivity contribution in [3.63, 3.8) is 0 Å². The lowest BCUT2D eigenvalue weighted by Gasteiger charge is -2.33. The minimum atomic E-state index is -1.01. The Morgan fingerprint density at radius 3 is 1.98 bits per heavy atom. The van der Waals surface area contributed by atoms with Gasteiger partial charge in [0.25, 0.3) is 0 Å². The molecule has 266 valence electrons. The number of rotatable bonds is 17. The number of guanidine groups is 1. The van der Waals surface area contributed by atoms with E-state index >= 15 is 0 Å². The Balaban J connectivity index is 2.21. The van der Waals surface area contributed by atoms with Crippen LogP contribution in [0.25, 0.3) is 0 Å². The molecule has 0 spiro atoms. The van der Waals surface area contributed by atoms with E-state index in [9.17, 15) is 28.8 Å². The summed E-state index contributed by atoms with van der Waals surface area (Å²) in [5.74, 6) is -2.79. The predicted octanol–water partition coefficient (Wildman–Crippen LogP) is -1.73. The molecule has 47 heavy (non-hydrogen) atoms. The van der Waals surface area contributed by atoms with Gasteiger partial charge in [-0.25, -0.2) is 0 Å². The molecule has 0 aromatic rings. The Bertz CT molecular complexity index is 1160. The van der Waals surface area contributed by atoms with Crippen LogP contribution in [0.1, 0.15) is 79.6 Å². The summed E-state index contributed by atoms with van der Waals surface area (Å²) in [5.41, 5.74) is 16.4. The van der Waals surface area contributed by atoms with Crippen molar-refractivity contribution >= 4 is 41.4 Å². The van der Waals surface area contributed by atoms with Crippen LogP contribution in [0.2, 0.25) is 0 Å². The number of hydrogen-bond acceptors (Lipinski definition) is 8. The van der Waals surface area contributed by atoms with Gasteiger partial charge in [0.15, 0.2) is 5.96 Å². The first-order chi connectivity index (χ1) is 22.1. The van der Waals surface area contributed by atoms with E-state index in [-0.39, 0.29) is 42.6 Å². The number of carbonyl (C=O) groups excluding carboxylic acids is 6. The van der Waals surface area contributed by atoms with Gasteiger partial charge in [-0.05, 0) is 70.8 Å². The summed E-state index contributed by atoms with van der Waals surface area (Å²) in [5, 5.41) is 11.1. The van der Waals surface area contributed by atoms with Crippen LogP contribution in [0.5, 0.6) is 0 Å². The maximum atomic E-state index is 14.0. The van der Waals surface area contributed by atoms with Crippen molar-refractivity contribution in [2.24, 2.45) is 34.0 Å². The predicted molar refractivity (Wildman–Crippen MR) is 177 cm³/mol. The number of aliphatic imine (C=N–C) groups is 1. The van der Waals surface area contributed by atoms with Crippen LogP contribution >= 0.6 is 0 Å². The lowest BCUT2D eigenvalue weighted by Crippen LogP contribution is -2.59. The van der Waals surface area contributed by atoms with Gasteiger partial charge in [-0.3, -0.25) is 33.8 Å². The fourth-order valence-corrected chi connectivity index (χ4v) is 6.16. The zero-order valence-corrected chi connectivity index (χ0v) is 28.7. The third-order valence-corrected chi connectivity index (χ3v) is 8.60. The number of nitrogens with one attached hydrogen (secondary N) is 4. The molecule has 6 unspecified atom stereocenters. The van der Waals surface area contributed by atoms with E-state index in [0.717, 1.165) is 0 Å². The number of primary amides is 1. The van der Waals surface area contributed by atoms with E-state index in [1.54, 1.807) is 7.05 Å². The molecule has 0 aliphatic carbocycles. The molecule has 16 heteroatoms. The third-order valence-electron chi connectivity index (χ3n) is 8.60. The van der Waals surface area contributed by atoms with E-state index in [1.807, 2.05) is 27.7 Å². The van der Waals surface area contributed by atoms with E-state index < -0.39 is 59.9 Å². The number of nitrogens with two attached hydrogens (primary N) is 3. The lowest BCUT2D eigenvalue weighted by molar-refractivity contribution is -0.148. The summed E-state index contributed by atoms with van der Waals surface area (Å²) in [6.45, 7) is 9.98. The second-order valence-electron chi connectivity index (χ2n) is 13.2. The van der Waals surface area contributed by atoms with Crippen molar-refractivity contribution < 1.29 is 28.8 Å². The average Bonchev–Trinajstić information content (AvgIpc) is 3.68. The van der Waals surface area contributed by atoms with Crippen molar-refractivity contribution in [3.8, 4) is 0 Å². The molecule has 16 nitrogen and oxygen atoms in total. The molecule has 2 saturated heterocycles. The van der Waals surface area contributed by atoms with Crippen molar-refractivity contribution in [2.75, 3.05) is 26.7 Å². The molecule has 6 atom stereocenters. The summed E-state index contributed by atoms with van der Waals surface area (Å²) in [6, 6.07) is -4.93. The molecule has 6 amide bonds. The SMILES string of the molecule is CNC(C(=O)NC(C)C(=O)NC(CCCN=C(N)N)C(=O)N1CCCC1C(=O)N1CCCC1C(=O)NC(CC(C)C)C(N)=O)C(C)C. The van der Waals surface area contributed by atoms with Gasteiger partial charge in [0, 0.05) is 19.6 Å². The Morgan fingerprint density at radius 2 is 1.43 bits per heavy atom. The van der Waals surface area contributed by atoms with Crippen molar-refractivity contribution in [3.05, 3.63) is 0 Å². The van der Waals surface area contributed by atoms with Crippen LogP contribution in [0.3, 0.4) is 0 Å². The van der Waals surface area contributed by atoms with Gasteiger partial charge in [0.1, 0.15) is 30.2 Å². The molecule has 2 rings (SSSR count).